The summed E-state index contributed by atoms with van der Waals surface area (Å²) in [5, 5.41) is 3.62. The van der Waals surface area contributed by atoms with Gasteiger partial charge in [-0.25, -0.2) is 0 Å². The average molecular weight is 263 g/mol. The van der Waals surface area contributed by atoms with E-state index in [0.717, 1.165) is 25.3 Å². The van der Waals surface area contributed by atoms with Gasteiger partial charge in [-0.1, -0.05) is 18.2 Å². The largest absolute Gasteiger partial charge is 0.496 e. The highest BCUT2D eigenvalue weighted by Crippen LogP contribution is 2.40. The third kappa shape index (κ3) is 3.95. The first kappa shape index (κ1) is 14.4. The summed E-state index contributed by atoms with van der Waals surface area (Å²) in [6.07, 6.45) is 4.80. The van der Waals surface area contributed by atoms with Crippen LogP contribution in [0, 0.1) is 0 Å². The normalized spacial score (nSPS) is 22.0. The Morgan fingerprint density at radius 2 is 1.95 bits per heavy atom. The first-order valence-electron chi connectivity index (χ1n) is 7.20. The lowest BCUT2D eigenvalue weighted by Gasteiger charge is -2.37. The highest BCUT2D eigenvalue weighted by Gasteiger charge is 2.31. The highest BCUT2D eigenvalue weighted by molar-refractivity contribution is 5.37. The lowest BCUT2D eigenvalue weighted by atomic mass is 9.75. The number of ether oxygens (including phenoxy) is 2. The standard InChI is InChI=1S/C16H25NO2/c1-18-10-6-5-9-17-14-11-13(12-14)15-7-3-4-8-16(15)19-2/h3-4,7-8,13-14,17H,5-6,9-12H2,1-2H3. The first-order chi connectivity index (χ1) is 9.35. The molecule has 1 fully saturated rings. The molecule has 0 unspecified atom stereocenters. The minimum Gasteiger partial charge on any atom is -0.496 e. The summed E-state index contributed by atoms with van der Waals surface area (Å²) >= 11 is 0. The summed E-state index contributed by atoms with van der Waals surface area (Å²) in [7, 11) is 3.51. The Balaban J connectivity index is 1.68. The van der Waals surface area contributed by atoms with Crippen molar-refractivity contribution in [2.75, 3.05) is 27.4 Å². The van der Waals surface area contributed by atoms with Crippen LogP contribution in [0.1, 0.15) is 37.2 Å². The molecule has 0 aromatic heterocycles. The van der Waals surface area contributed by atoms with Gasteiger partial charge in [0, 0.05) is 19.8 Å². The van der Waals surface area contributed by atoms with Crippen LogP contribution in [0.5, 0.6) is 5.75 Å². The van der Waals surface area contributed by atoms with Gasteiger partial charge in [0.25, 0.3) is 0 Å². The van der Waals surface area contributed by atoms with E-state index >= 15 is 0 Å². The number of methoxy groups -OCH3 is 2. The van der Waals surface area contributed by atoms with E-state index in [1.54, 1.807) is 14.2 Å². The average Bonchev–Trinajstić information content (AvgIpc) is 2.40. The maximum absolute atomic E-state index is 5.43. The van der Waals surface area contributed by atoms with Gasteiger partial charge < -0.3 is 14.8 Å². The van der Waals surface area contributed by atoms with Crippen molar-refractivity contribution in [2.24, 2.45) is 0 Å². The Hall–Kier alpha value is -1.06. The molecule has 0 saturated heterocycles. The minimum atomic E-state index is 0.660. The van der Waals surface area contributed by atoms with E-state index in [0.29, 0.717) is 12.0 Å². The first-order valence-corrected chi connectivity index (χ1v) is 7.20. The maximum Gasteiger partial charge on any atom is 0.122 e. The van der Waals surface area contributed by atoms with E-state index in [2.05, 4.69) is 23.5 Å². The molecule has 1 aromatic rings. The molecule has 0 bridgehead atoms. The molecule has 1 aliphatic rings. The Morgan fingerprint density at radius 1 is 1.16 bits per heavy atom. The van der Waals surface area contributed by atoms with Crippen molar-refractivity contribution in [3.05, 3.63) is 29.8 Å². The Bertz CT molecular complexity index is 375. The maximum atomic E-state index is 5.43. The van der Waals surface area contributed by atoms with Crippen molar-refractivity contribution in [3.63, 3.8) is 0 Å². The second-order valence-electron chi connectivity index (χ2n) is 5.26. The van der Waals surface area contributed by atoms with Crippen molar-refractivity contribution in [1.82, 2.24) is 5.32 Å². The number of unbranched alkanes of at least 4 members (excludes halogenated alkanes) is 1. The molecule has 19 heavy (non-hydrogen) atoms. The summed E-state index contributed by atoms with van der Waals surface area (Å²) in [4.78, 5) is 0. The van der Waals surface area contributed by atoms with E-state index in [1.165, 1.54) is 24.8 Å². The van der Waals surface area contributed by atoms with Gasteiger partial charge in [0.2, 0.25) is 0 Å². The number of hydrogen-bond donors (Lipinski definition) is 1. The molecular weight excluding hydrogens is 238 g/mol. The molecule has 0 amide bonds. The van der Waals surface area contributed by atoms with E-state index in [9.17, 15) is 0 Å². The van der Waals surface area contributed by atoms with E-state index in [1.807, 2.05) is 6.07 Å². The van der Waals surface area contributed by atoms with Crippen LogP contribution in [0.2, 0.25) is 0 Å². The van der Waals surface area contributed by atoms with Crippen LogP contribution in [0.25, 0.3) is 0 Å². The molecule has 1 aliphatic carbocycles. The third-order valence-corrected chi connectivity index (χ3v) is 3.93. The van der Waals surface area contributed by atoms with Crippen LogP contribution >= 0.6 is 0 Å². The third-order valence-electron chi connectivity index (χ3n) is 3.93. The molecule has 1 aromatic carbocycles. The highest BCUT2D eigenvalue weighted by atomic mass is 16.5. The van der Waals surface area contributed by atoms with Gasteiger partial charge in [0.05, 0.1) is 7.11 Å². The van der Waals surface area contributed by atoms with Crippen molar-refractivity contribution in [2.45, 2.75) is 37.6 Å². The summed E-state index contributed by atoms with van der Waals surface area (Å²) in [6.45, 7) is 1.98. The van der Waals surface area contributed by atoms with E-state index in [-0.39, 0.29) is 0 Å². The molecule has 1 saturated carbocycles. The van der Waals surface area contributed by atoms with Gasteiger partial charge in [-0.2, -0.15) is 0 Å². The quantitative estimate of drug-likeness (QED) is 0.731. The van der Waals surface area contributed by atoms with Crippen LogP contribution < -0.4 is 10.1 Å². The number of rotatable bonds is 8. The van der Waals surface area contributed by atoms with Crippen molar-refractivity contribution < 1.29 is 9.47 Å². The molecule has 2 rings (SSSR count). The number of benzene rings is 1. The minimum absolute atomic E-state index is 0.660. The van der Waals surface area contributed by atoms with Gasteiger partial charge in [-0.3, -0.25) is 0 Å². The molecule has 3 heteroatoms. The molecule has 3 nitrogen and oxygen atoms in total. The van der Waals surface area contributed by atoms with E-state index < -0.39 is 0 Å². The summed E-state index contributed by atoms with van der Waals surface area (Å²) < 4.78 is 10.5. The fourth-order valence-electron chi connectivity index (χ4n) is 2.72. The van der Waals surface area contributed by atoms with Crippen molar-refractivity contribution >= 4 is 0 Å². The van der Waals surface area contributed by atoms with Crippen LogP contribution in [0.3, 0.4) is 0 Å². The Labute approximate surface area is 116 Å². The van der Waals surface area contributed by atoms with Crippen LogP contribution in [0.15, 0.2) is 24.3 Å². The molecule has 0 heterocycles. The fraction of sp³-hybridized carbons (Fsp3) is 0.625. The Kier molecular flexibility index (Phi) is 5.67. The zero-order valence-corrected chi connectivity index (χ0v) is 12.0. The molecule has 0 radical (unpaired) electrons. The molecule has 0 aliphatic heterocycles. The molecule has 0 atom stereocenters. The van der Waals surface area contributed by atoms with Crippen molar-refractivity contribution in [3.8, 4) is 5.75 Å². The predicted octanol–water partition coefficient (Wildman–Crippen LogP) is 2.96. The monoisotopic (exact) mass is 263 g/mol. The summed E-state index contributed by atoms with van der Waals surface area (Å²) in [5.74, 6) is 1.69. The van der Waals surface area contributed by atoms with Crippen LogP contribution in [0.4, 0.5) is 0 Å². The lowest BCUT2D eigenvalue weighted by Crippen LogP contribution is -2.40. The topological polar surface area (TPSA) is 30.5 Å². The van der Waals surface area contributed by atoms with Crippen molar-refractivity contribution in [1.29, 1.82) is 0 Å². The van der Waals surface area contributed by atoms with Crippen LogP contribution in [-0.2, 0) is 4.74 Å². The van der Waals surface area contributed by atoms with Gasteiger partial charge >= 0.3 is 0 Å². The van der Waals surface area contributed by atoms with E-state index in [4.69, 9.17) is 9.47 Å². The van der Waals surface area contributed by atoms with Crippen LogP contribution in [-0.4, -0.2) is 33.4 Å². The number of hydrogen-bond acceptors (Lipinski definition) is 3. The zero-order chi connectivity index (χ0) is 13.5. The molecule has 106 valence electrons. The summed E-state index contributed by atoms with van der Waals surface area (Å²) in [6, 6.07) is 9.06. The number of nitrogens with one attached hydrogen (secondary N) is 1. The smallest absolute Gasteiger partial charge is 0.122 e. The predicted molar refractivity (Wildman–Crippen MR) is 77.9 cm³/mol. The van der Waals surface area contributed by atoms with Gasteiger partial charge in [-0.05, 0) is 49.8 Å². The second-order valence-corrected chi connectivity index (χ2v) is 5.26. The Morgan fingerprint density at radius 3 is 2.68 bits per heavy atom. The second kappa shape index (κ2) is 7.51. The number of para-hydroxylation sites is 1. The lowest BCUT2D eigenvalue weighted by molar-refractivity contribution is 0.190. The molecule has 1 N–H and O–H groups in total. The summed E-state index contributed by atoms with van der Waals surface area (Å²) in [5.41, 5.74) is 1.36. The zero-order valence-electron chi connectivity index (χ0n) is 12.0. The fourth-order valence-corrected chi connectivity index (χ4v) is 2.72. The van der Waals surface area contributed by atoms with Gasteiger partial charge in [0.15, 0.2) is 0 Å². The van der Waals surface area contributed by atoms with Gasteiger partial charge in [0.1, 0.15) is 5.75 Å². The van der Waals surface area contributed by atoms with Gasteiger partial charge in [-0.15, -0.1) is 0 Å². The molecule has 0 spiro atoms. The SMILES string of the molecule is COCCCCNC1CC(c2ccccc2OC)C1. The molecular formula is C16H25NO2.